The van der Waals surface area contributed by atoms with Crippen molar-refractivity contribution >= 4 is 23.0 Å². The quantitative estimate of drug-likeness (QED) is 0.780. The third-order valence-electron chi connectivity index (χ3n) is 4.97. The minimum Gasteiger partial charge on any atom is -0.349 e. The summed E-state index contributed by atoms with van der Waals surface area (Å²) in [6.45, 7) is 4.40. The molecule has 3 rings (SSSR count). The molecule has 2 aliphatic rings. The summed E-state index contributed by atoms with van der Waals surface area (Å²) >= 11 is 5.62. The minimum absolute atomic E-state index is 0.870. The van der Waals surface area contributed by atoms with Crippen molar-refractivity contribution in [3.05, 3.63) is 29.8 Å². The van der Waals surface area contributed by atoms with Crippen LogP contribution in [0.1, 0.15) is 37.7 Å². The first-order valence-electron chi connectivity index (χ1n) is 7.85. The molecule has 108 valence electrons. The Kier molecular flexibility index (Phi) is 4.25. The van der Waals surface area contributed by atoms with E-state index in [2.05, 4.69) is 41.4 Å². The normalized spacial score (nSPS) is 25.9. The lowest BCUT2D eigenvalue weighted by Crippen LogP contribution is -2.46. The molecule has 2 atom stereocenters. The van der Waals surface area contributed by atoms with Gasteiger partial charge in [-0.15, -0.1) is 0 Å². The fourth-order valence-corrected chi connectivity index (χ4v) is 3.97. The molecule has 2 fully saturated rings. The topological polar surface area (TPSA) is 15.3 Å². The molecule has 0 aromatic heterocycles. The summed E-state index contributed by atoms with van der Waals surface area (Å²) in [7, 11) is 0. The number of nitrogens with zero attached hydrogens (tertiary/aromatic N) is 1. The maximum Gasteiger partial charge on any atom is 0.173 e. The van der Waals surface area contributed by atoms with Crippen molar-refractivity contribution in [2.75, 3.05) is 18.4 Å². The van der Waals surface area contributed by atoms with Crippen LogP contribution in [0.3, 0.4) is 0 Å². The first-order chi connectivity index (χ1) is 9.74. The van der Waals surface area contributed by atoms with Crippen LogP contribution in [0.2, 0.25) is 0 Å². The van der Waals surface area contributed by atoms with E-state index in [9.17, 15) is 0 Å². The van der Waals surface area contributed by atoms with Crippen molar-refractivity contribution in [1.29, 1.82) is 0 Å². The molecule has 0 bridgehead atoms. The second kappa shape index (κ2) is 6.13. The Balaban J connectivity index is 1.62. The fraction of sp³-hybridized carbons (Fsp3) is 0.588. The van der Waals surface area contributed by atoms with E-state index in [1.807, 2.05) is 0 Å². The van der Waals surface area contributed by atoms with Crippen molar-refractivity contribution < 1.29 is 0 Å². The number of thiocarbonyl (C=S) groups is 1. The van der Waals surface area contributed by atoms with Crippen LogP contribution in [0.25, 0.3) is 0 Å². The SMILES string of the molecule is Cc1ccccc1NC(=S)N1CC[C@@H]2CCCC[C@H]2C1. The van der Waals surface area contributed by atoms with Gasteiger partial charge < -0.3 is 10.2 Å². The molecule has 1 heterocycles. The summed E-state index contributed by atoms with van der Waals surface area (Å²) in [5.41, 5.74) is 2.39. The van der Waals surface area contributed by atoms with Gasteiger partial charge in [0.1, 0.15) is 0 Å². The van der Waals surface area contributed by atoms with Crippen LogP contribution in [-0.4, -0.2) is 23.1 Å². The Morgan fingerprint density at radius 2 is 1.90 bits per heavy atom. The van der Waals surface area contributed by atoms with Crippen LogP contribution in [0.5, 0.6) is 0 Å². The molecular formula is C17H24N2S. The summed E-state index contributed by atoms with van der Waals surface area (Å²) in [4.78, 5) is 2.38. The smallest absolute Gasteiger partial charge is 0.173 e. The van der Waals surface area contributed by atoms with Gasteiger partial charge in [-0.25, -0.2) is 0 Å². The number of anilines is 1. The molecule has 1 aliphatic heterocycles. The first kappa shape index (κ1) is 13.9. The van der Waals surface area contributed by atoms with Crippen LogP contribution < -0.4 is 5.32 Å². The van der Waals surface area contributed by atoms with Crippen LogP contribution in [0.4, 0.5) is 5.69 Å². The Morgan fingerprint density at radius 1 is 1.15 bits per heavy atom. The highest BCUT2D eigenvalue weighted by Crippen LogP contribution is 2.36. The Labute approximate surface area is 127 Å². The standard InChI is InChI=1S/C17H24N2S/c1-13-6-2-5-9-16(13)18-17(20)19-11-10-14-7-3-4-8-15(14)12-19/h2,5-6,9,14-15H,3-4,7-8,10-12H2,1H3,(H,18,20)/t14-,15-/m0/s1. The summed E-state index contributed by atoms with van der Waals surface area (Å²) < 4.78 is 0. The van der Waals surface area contributed by atoms with E-state index in [1.54, 1.807) is 0 Å². The summed E-state index contributed by atoms with van der Waals surface area (Å²) in [5, 5.41) is 4.34. The number of rotatable bonds is 1. The Hall–Kier alpha value is -1.09. The number of aryl methyl sites for hydroxylation is 1. The lowest BCUT2D eigenvalue weighted by molar-refractivity contribution is 0.131. The van der Waals surface area contributed by atoms with E-state index in [-0.39, 0.29) is 0 Å². The van der Waals surface area contributed by atoms with E-state index in [0.29, 0.717) is 0 Å². The number of fused-ring (bicyclic) bond motifs is 1. The van der Waals surface area contributed by atoms with Gasteiger partial charge in [-0.3, -0.25) is 0 Å². The maximum atomic E-state index is 5.62. The highest BCUT2D eigenvalue weighted by Gasteiger charge is 2.31. The average Bonchev–Trinajstić information content (AvgIpc) is 2.49. The van der Waals surface area contributed by atoms with E-state index in [4.69, 9.17) is 12.2 Å². The Bertz CT molecular complexity index is 486. The molecule has 1 N–H and O–H groups in total. The number of hydrogen-bond donors (Lipinski definition) is 1. The van der Waals surface area contributed by atoms with Crippen molar-refractivity contribution in [3.8, 4) is 0 Å². The largest absolute Gasteiger partial charge is 0.349 e. The average molecular weight is 288 g/mol. The number of benzene rings is 1. The van der Waals surface area contributed by atoms with Crippen LogP contribution in [0.15, 0.2) is 24.3 Å². The minimum atomic E-state index is 0.870. The highest BCUT2D eigenvalue weighted by atomic mass is 32.1. The number of nitrogens with one attached hydrogen (secondary N) is 1. The van der Waals surface area contributed by atoms with Crippen LogP contribution >= 0.6 is 12.2 Å². The molecule has 1 aliphatic carbocycles. The molecule has 1 saturated heterocycles. The highest BCUT2D eigenvalue weighted by molar-refractivity contribution is 7.80. The van der Waals surface area contributed by atoms with Crippen molar-refractivity contribution in [3.63, 3.8) is 0 Å². The van der Waals surface area contributed by atoms with Gasteiger partial charge in [-0.1, -0.05) is 37.5 Å². The van der Waals surface area contributed by atoms with Gasteiger partial charge in [0.05, 0.1) is 0 Å². The Morgan fingerprint density at radius 3 is 2.70 bits per heavy atom. The van der Waals surface area contributed by atoms with Gasteiger partial charge in [0.2, 0.25) is 0 Å². The third kappa shape index (κ3) is 2.98. The molecule has 2 nitrogen and oxygen atoms in total. The molecule has 0 amide bonds. The molecule has 1 saturated carbocycles. The third-order valence-corrected chi connectivity index (χ3v) is 5.33. The van der Waals surface area contributed by atoms with Gasteiger partial charge in [0, 0.05) is 18.8 Å². The fourth-order valence-electron chi connectivity index (χ4n) is 3.69. The molecule has 3 heteroatoms. The van der Waals surface area contributed by atoms with E-state index >= 15 is 0 Å². The van der Waals surface area contributed by atoms with Gasteiger partial charge in [0.15, 0.2) is 5.11 Å². The number of para-hydroxylation sites is 1. The lowest BCUT2D eigenvalue weighted by atomic mass is 9.75. The molecule has 20 heavy (non-hydrogen) atoms. The lowest BCUT2D eigenvalue weighted by Gasteiger charge is -2.42. The summed E-state index contributed by atoms with van der Waals surface area (Å²) in [5.74, 6) is 1.83. The van der Waals surface area contributed by atoms with E-state index in [1.165, 1.54) is 37.7 Å². The number of hydrogen-bond acceptors (Lipinski definition) is 1. The van der Waals surface area contributed by atoms with Crippen molar-refractivity contribution in [2.45, 2.75) is 39.0 Å². The predicted molar refractivity (Wildman–Crippen MR) is 89.0 cm³/mol. The second-order valence-corrected chi connectivity index (χ2v) is 6.67. The number of likely N-dealkylation sites (tertiary alicyclic amines) is 1. The molecule has 0 radical (unpaired) electrons. The van der Waals surface area contributed by atoms with Gasteiger partial charge in [0.25, 0.3) is 0 Å². The van der Waals surface area contributed by atoms with Gasteiger partial charge in [-0.2, -0.15) is 0 Å². The summed E-state index contributed by atoms with van der Waals surface area (Å²) in [6, 6.07) is 8.36. The molecule has 0 spiro atoms. The second-order valence-electron chi connectivity index (χ2n) is 6.28. The number of piperidine rings is 1. The van der Waals surface area contributed by atoms with Crippen LogP contribution in [-0.2, 0) is 0 Å². The van der Waals surface area contributed by atoms with E-state index in [0.717, 1.165) is 35.7 Å². The van der Waals surface area contributed by atoms with Crippen LogP contribution in [0, 0.1) is 18.8 Å². The zero-order valence-corrected chi connectivity index (χ0v) is 13.1. The van der Waals surface area contributed by atoms with Gasteiger partial charge >= 0.3 is 0 Å². The molecule has 1 aromatic rings. The first-order valence-corrected chi connectivity index (χ1v) is 8.26. The van der Waals surface area contributed by atoms with Crippen molar-refractivity contribution in [2.24, 2.45) is 11.8 Å². The predicted octanol–water partition coefficient (Wildman–Crippen LogP) is 4.20. The van der Waals surface area contributed by atoms with E-state index < -0.39 is 0 Å². The molecule has 1 aromatic carbocycles. The molecular weight excluding hydrogens is 264 g/mol. The van der Waals surface area contributed by atoms with Gasteiger partial charge in [-0.05, 0) is 55.4 Å². The zero-order chi connectivity index (χ0) is 13.9. The maximum absolute atomic E-state index is 5.62. The monoisotopic (exact) mass is 288 g/mol. The van der Waals surface area contributed by atoms with Crippen molar-refractivity contribution in [1.82, 2.24) is 4.90 Å². The molecule has 0 unspecified atom stereocenters. The summed E-state index contributed by atoms with van der Waals surface area (Å²) in [6.07, 6.45) is 7.00. The zero-order valence-electron chi connectivity index (χ0n) is 12.3.